The van der Waals surface area contributed by atoms with Gasteiger partial charge in [-0.1, -0.05) is 81.4 Å². The Kier molecular flexibility index (Phi) is 7.96. The Labute approximate surface area is 216 Å². The molecule has 0 bridgehead atoms. The fraction of sp³-hybridized carbons (Fsp3) is 0.400. The zero-order valence-electron chi connectivity index (χ0n) is 21.9. The molecule has 1 aliphatic heterocycles. The van der Waals surface area contributed by atoms with Gasteiger partial charge in [0.25, 0.3) is 14.0 Å². The highest BCUT2D eigenvalue weighted by atomic mass is 28.4. The van der Waals surface area contributed by atoms with E-state index in [4.69, 9.17) is 4.43 Å². The quantitative estimate of drug-likeness (QED) is 0.213. The molecule has 0 saturated carbocycles. The van der Waals surface area contributed by atoms with Gasteiger partial charge >= 0.3 is 0 Å². The van der Waals surface area contributed by atoms with Crippen LogP contribution in [0.15, 0.2) is 78.9 Å². The van der Waals surface area contributed by atoms with Crippen molar-refractivity contribution in [1.82, 2.24) is 0 Å². The van der Waals surface area contributed by atoms with Gasteiger partial charge < -0.3 is 9.33 Å². The molecule has 0 N–H and O–H groups in total. The van der Waals surface area contributed by atoms with Gasteiger partial charge in [0.1, 0.15) is 0 Å². The van der Waals surface area contributed by atoms with Crippen molar-refractivity contribution in [2.75, 3.05) is 24.6 Å². The molecule has 1 aliphatic rings. The van der Waals surface area contributed by atoms with E-state index in [1.807, 2.05) is 19.1 Å². The number of piperidine rings is 1. The second kappa shape index (κ2) is 11.0. The second-order valence-corrected chi connectivity index (χ2v) is 15.3. The van der Waals surface area contributed by atoms with Crippen LogP contribution < -0.4 is 15.3 Å². The van der Waals surface area contributed by atoms with Crippen LogP contribution in [0, 0.1) is 23.0 Å². The highest BCUT2D eigenvalue weighted by molar-refractivity contribution is 6.99. The molecule has 1 fully saturated rings. The molecule has 6 heteroatoms. The number of anilines is 1. The van der Waals surface area contributed by atoms with Crippen LogP contribution in [0.25, 0.3) is 0 Å². The van der Waals surface area contributed by atoms with E-state index in [0.29, 0.717) is 5.92 Å². The van der Waals surface area contributed by atoms with Gasteiger partial charge in [0.2, 0.25) is 0 Å². The Bertz CT molecular complexity index is 1110. The number of hydrogen-bond donors (Lipinski definition) is 0. The summed E-state index contributed by atoms with van der Waals surface area (Å²) in [6.07, 6.45) is 3.28. The summed E-state index contributed by atoms with van der Waals surface area (Å²) < 4.78 is 7.09. The van der Waals surface area contributed by atoms with Gasteiger partial charge in [-0.2, -0.15) is 0 Å². The van der Waals surface area contributed by atoms with Crippen LogP contribution in [0.5, 0.6) is 0 Å². The number of nitro groups is 1. The number of rotatable bonds is 8. The maximum absolute atomic E-state index is 11.1. The summed E-state index contributed by atoms with van der Waals surface area (Å²) in [5, 5.41) is 13.8. The SMILES string of the molecule is Cc1cc(N2CCC(CCO[Si](c3ccccc3)(c3ccccc3)C(C)(C)C)CC2)ccc1[N+](=O)[O-]. The first-order valence-corrected chi connectivity index (χ1v) is 14.9. The summed E-state index contributed by atoms with van der Waals surface area (Å²) in [7, 11) is -2.49. The summed E-state index contributed by atoms with van der Waals surface area (Å²) in [6, 6.07) is 27.1. The minimum atomic E-state index is -2.49. The predicted octanol–water partition coefficient (Wildman–Crippen LogP) is 6.09. The van der Waals surface area contributed by atoms with Crippen LogP contribution in [0.4, 0.5) is 11.4 Å². The van der Waals surface area contributed by atoms with E-state index < -0.39 is 8.32 Å². The molecule has 190 valence electrons. The summed E-state index contributed by atoms with van der Waals surface area (Å²) in [5.74, 6) is 0.624. The van der Waals surface area contributed by atoms with E-state index in [-0.39, 0.29) is 15.6 Å². The van der Waals surface area contributed by atoms with Crippen molar-refractivity contribution in [2.45, 2.75) is 52.0 Å². The molecule has 36 heavy (non-hydrogen) atoms. The molecule has 3 aromatic carbocycles. The van der Waals surface area contributed by atoms with Crippen LogP contribution in [0.1, 0.15) is 45.6 Å². The standard InChI is InChI=1S/C30H38N2O3Si/c1-24-23-26(15-16-29(24)32(33)34)31-20-17-25(18-21-31)19-22-35-36(30(2,3)4,27-11-7-5-8-12-27)28-13-9-6-10-14-28/h5-16,23,25H,17-22H2,1-4H3. The highest BCUT2D eigenvalue weighted by Gasteiger charge is 2.50. The maximum Gasteiger partial charge on any atom is 0.272 e. The first-order chi connectivity index (χ1) is 17.2. The third kappa shape index (κ3) is 5.40. The van der Waals surface area contributed by atoms with E-state index in [1.54, 1.807) is 6.07 Å². The first-order valence-electron chi connectivity index (χ1n) is 13.0. The molecule has 0 aromatic heterocycles. The smallest absolute Gasteiger partial charge is 0.272 e. The predicted molar refractivity (Wildman–Crippen MR) is 151 cm³/mol. The average molecular weight is 503 g/mol. The molecule has 0 atom stereocenters. The van der Waals surface area contributed by atoms with Gasteiger partial charge in [-0.15, -0.1) is 0 Å². The molecule has 1 saturated heterocycles. The largest absolute Gasteiger partial charge is 0.407 e. The van der Waals surface area contributed by atoms with Crippen molar-refractivity contribution in [2.24, 2.45) is 5.92 Å². The van der Waals surface area contributed by atoms with Crippen molar-refractivity contribution < 1.29 is 9.35 Å². The lowest BCUT2D eigenvalue weighted by Gasteiger charge is -2.43. The molecule has 0 spiro atoms. The van der Waals surface area contributed by atoms with Gasteiger partial charge in [-0.3, -0.25) is 10.1 Å². The number of aryl methyl sites for hydroxylation is 1. The third-order valence-corrected chi connectivity index (χ3v) is 12.7. The fourth-order valence-corrected chi connectivity index (χ4v) is 10.2. The Morgan fingerprint density at radius 1 is 0.944 bits per heavy atom. The van der Waals surface area contributed by atoms with Crippen LogP contribution in [-0.2, 0) is 4.43 Å². The number of nitrogens with zero attached hydrogens (tertiary/aromatic N) is 2. The van der Waals surface area contributed by atoms with Crippen LogP contribution >= 0.6 is 0 Å². The lowest BCUT2D eigenvalue weighted by molar-refractivity contribution is -0.385. The lowest BCUT2D eigenvalue weighted by Crippen LogP contribution is -2.66. The molecule has 0 aliphatic carbocycles. The molecule has 0 amide bonds. The fourth-order valence-electron chi connectivity index (χ4n) is 5.66. The highest BCUT2D eigenvalue weighted by Crippen LogP contribution is 2.37. The zero-order valence-corrected chi connectivity index (χ0v) is 22.9. The van der Waals surface area contributed by atoms with Crippen molar-refractivity contribution in [3.63, 3.8) is 0 Å². The number of nitro benzene ring substituents is 1. The molecule has 5 nitrogen and oxygen atoms in total. The topological polar surface area (TPSA) is 55.6 Å². The molecular formula is C30H38N2O3Si. The molecule has 4 rings (SSSR count). The minimum absolute atomic E-state index is 0.00709. The Morgan fingerprint density at radius 3 is 1.97 bits per heavy atom. The number of hydrogen-bond acceptors (Lipinski definition) is 4. The van der Waals surface area contributed by atoms with E-state index in [0.717, 1.165) is 50.2 Å². The molecular weight excluding hydrogens is 464 g/mol. The van der Waals surface area contributed by atoms with Crippen molar-refractivity contribution in [1.29, 1.82) is 0 Å². The molecule has 0 radical (unpaired) electrons. The Morgan fingerprint density at radius 2 is 1.50 bits per heavy atom. The van der Waals surface area contributed by atoms with Crippen LogP contribution in [-0.4, -0.2) is 32.9 Å². The third-order valence-electron chi connectivity index (χ3n) is 7.62. The number of benzene rings is 3. The van der Waals surface area contributed by atoms with E-state index in [1.165, 1.54) is 10.4 Å². The Hall–Kier alpha value is -2.96. The molecule has 0 unspecified atom stereocenters. The van der Waals surface area contributed by atoms with Gasteiger partial charge in [0, 0.05) is 37.0 Å². The van der Waals surface area contributed by atoms with Crippen LogP contribution in [0.3, 0.4) is 0 Å². The van der Waals surface area contributed by atoms with E-state index in [2.05, 4.69) is 86.3 Å². The maximum atomic E-state index is 11.1. The normalized spacial score (nSPS) is 15.2. The van der Waals surface area contributed by atoms with Gasteiger partial charge in [0.05, 0.1) is 4.92 Å². The van der Waals surface area contributed by atoms with E-state index in [9.17, 15) is 10.1 Å². The Balaban J connectivity index is 1.44. The van der Waals surface area contributed by atoms with Gasteiger partial charge in [0.15, 0.2) is 0 Å². The summed E-state index contributed by atoms with van der Waals surface area (Å²) in [4.78, 5) is 13.2. The summed E-state index contributed by atoms with van der Waals surface area (Å²) in [6.45, 7) is 11.5. The van der Waals surface area contributed by atoms with Crippen LogP contribution in [0.2, 0.25) is 5.04 Å². The summed E-state index contributed by atoms with van der Waals surface area (Å²) >= 11 is 0. The summed E-state index contributed by atoms with van der Waals surface area (Å²) in [5.41, 5.74) is 1.99. The van der Waals surface area contributed by atoms with E-state index >= 15 is 0 Å². The lowest BCUT2D eigenvalue weighted by atomic mass is 9.93. The second-order valence-electron chi connectivity index (χ2n) is 11.0. The van der Waals surface area contributed by atoms with Gasteiger partial charge in [-0.25, -0.2) is 0 Å². The minimum Gasteiger partial charge on any atom is -0.407 e. The molecule has 1 heterocycles. The average Bonchev–Trinajstić information content (AvgIpc) is 2.87. The van der Waals surface area contributed by atoms with Gasteiger partial charge in [-0.05, 0) is 59.6 Å². The van der Waals surface area contributed by atoms with Crippen molar-refractivity contribution in [3.05, 3.63) is 94.5 Å². The monoisotopic (exact) mass is 502 g/mol. The van der Waals surface area contributed by atoms with Crippen molar-refractivity contribution >= 4 is 30.1 Å². The van der Waals surface area contributed by atoms with Crippen molar-refractivity contribution in [3.8, 4) is 0 Å². The molecule has 3 aromatic rings. The first kappa shape index (κ1) is 26.1. The zero-order chi connectivity index (χ0) is 25.8.